The summed E-state index contributed by atoms with van der Waals surface area (Å²) in [4.78, 5) is 21.9. The second-order valence-corrected chi connectivity index (χ2v) is 6.45. The van der Waals surface area contributed by atoms with E-state index < -0.39 is 0 Å². The van der Waals surface area contributed by atoms with Gasteiger partial charge in [0.25, 0.3) is 0 Å². The van der Waals surface area contributed by atoms with Gasteiger partial charge in [-0.2, -0.15) is 0 Å². The highest BCUT2D eigenvalue weighted by Crippen LogP contribution is 2.25. The Bertz CT molecular complexity index is 640. The summed E-state index contributed by atoms with van der Waals surface area (Å²) in [5.74, 6) is 2.45. The van der Waals surface area contributed by atoms with Crippen LogP contribution in [0.3, 0.4) is 0 Å². The maximum atomic E-state index is 5.20. The SMILES string of the molecule is COc1cc(N(C)C2CCCN(c3ccnc(SC)n3)C2)ncn1. The van der Waals surface area contributed by atoms with Crippen LogP contribution >= 0.6 is 11.8 Å². The zero-order valence-corrected chi connectivity index (χ0v) is 15.0. The lowest BCUT2D eigenvalue weighted by Crippen LogP contribution is -2.47. The fourth-order valence-corrected chi connectivity index (χ4v) is 3.26. The third-order valence-corrected chi connectivity index (χ3v) is 4.83. The summed E-state index contributed by atoms with van der Waals surface area (Å²) in [5, 5.41) is 0.809. The number of likely N-dealkylation sites (N-methyl/N-ethyl adjacent to an activating group) is 1. The van der Waals surface area contributed by atoms with Gasteiger partial charge in [-0.15, -0.1) is 0 Å². The quantitative estimate of drug-likeness (QED) is 0.602. The first-order chi connectivity index (χ1) is 11.7. The van der Waals surface area contributed by atoms with Crippen molar-refractivity contribution in [2.45, 2.75) is 24.0 Å². The Morgan fingerprint density at radius 2 is 2.21 bits per heavy atom. The van der Waals surface area contributed by atoms with Crippen LogP contribution in [0.1, 0.15) is 12.8 Å². The lowest BCUT2D eigenvalue weighted by molar-refractivity contribution is 0.396. The standard InChI is InChI=1S/C16H22N6OS/c1-21(14-9-15(23-2)19-11-18-14)12-5-4-8-22(10-12)13-6-7-17-16(20-13)24-3/h6-7,9,11-12H,4-5,8,10H2,1-3H3. The van der Waals surface area contributed by atoms with Crippen molar-refractivity contribution < 1.29 is 4.74 Å². The molecule has 3 rings (SSSR count). The largest absolute Gasteiger partial charge is 0.481 e. The molecule has 24 heavy (non-hydrogen) atoms. The minimum atomic E-state index is 0.367. The van der Waals surface area contributed by atoms with Crippen molar-refractivity contribution in [1.29, 1.82) is 0 Å². The minimum absolute atomic E-state index is 0.367. The molecule has 1 unspecified atom stereocenters. The monoisotopic (exact) mass is 346 g/mol. The van der Waals surface area contributed by atoms with Gasteiger partial charge in [0.2, 0.25) is 5.88 Å². The number of ether oxygens (including phenoxy) is 1. The highest BCUT2D eigenvalue weighted by molar-refractivity contribution is 7.98. The van der Waals surface area contributed by atoms with Gasteiger partial charge in [0, 0.05) is 38.4 Å². The van der Waals surface area contributed by atoms with Crippen molar-refractivity contribution >= 4 is 23.4 Å². The molecule has 8 heteroatoms. The average molecular weight is 346 g/mol. The van der Waals surface area contributed by atoms with E-state index in [1.165, 1.54) is 0 Å². The lowest BCUT2D eigenvalue weighted by atomic mass is 10.0. The summed E-state index contributed by atoms with van der Waals surface area (Å²) in [5.41, 5.74) is 0. The number of rotatable bonds is 5. The van der Waals surface area contributed by atoms with Crippen LogP contribution in [-0.2, 0) is 0 Å². The number of anilines is 2. The van der Waals surface area contributed by atoms with Gasteiger partial charge in [-0.3, -0.25) is 0 Å². The first-order valence-electron chi connectivity index (χ1n) is 7.92. The normalized spacial score (nSPS) is 17.6. The molecule has 0 N–H and O–H groups in total. The van der Waals surface area contributed by atoms with Crippen molar-refractivity contribution in [1.82, 2.24) is 19.9 Å². The van der Waals surface area contributed by atoms with Crippen LogP contribution in [0.25, 0.3) is 0 Å². The second-order valence-electron chi connectivity index (χ2n) is 5.67. The van der Waals surface area contributed by atoms with Crippen LogP contribution in [0, 0.1) is 0 Å². The zero-order chi connectivity index (χ0) is 16.9. The Morgan fingerprint density at radius 3 is 3.00 bits per heavy atom. The third-order valence-electron chi connectivity index (χ3n) is 4.27. The molecule has 0 bridgehead atoms. The fourth-order valence-electron chi connectivity index (χ4n) is 2.91. The van der Waals surface area contributed by atoms with Crippen LogP contribution in [0.15, 0.2) is 29.8 Å². The molecular formula is C16H22N6OS. The average Bonchev–Trinajstić information content (AvgIpc) is 2.67. The summed E-state index contributed by atoms with van der Waals surface area (Å²) in [7, 11) is 3.69. The molecule has 0 spiro atoms. The molecule has 1 saturated heterocycles. The van der Waals surface area contributed by atoms with Gasteiger partial charge >= 0.3 is 0 Å². The Labute approximate surface area is 146 Å². The van der Waals surface area contributed by atoms with Crippen molar-refractivity contribution in [3.8, 4) is 5.88 Å². The Hall–Kier alpha value is -2.09. The van der Waals surface area contributed by atoms with Crippen LogP contribution < -0.4 is 14.5 Å². The molecule has 3 heterocycles. The third kappa shape index (κ3) is 3.69. The maximum Gasteiger partial charge on any atom is 0.218 e. The lowest BCUT2D eigenvalue weighted by Gasteiger charge is -2.38. The van der Waals surface area contributed by atoms with Crippen LogP contribution in [0.5, 0.6) is 5.88 Å². The number of nitrogens with zero attached hydrogens (tertiary/aromatic N) is 6. The molecule has 0 aliphatic carbocycles. The molecule has 0 saturated carbocycles. The number of piperidine rings is 1. The second kappa shape index (κ2) is 7.65. The number of thioether (sulfide) groups is 1. The first kappa shape index (κ1) is 16.8. The predicted molar refractivity (Wildman–Crippen MR) is 96.0 cm³/mol. The molecule has 1 atom stereocenters. The smallest absolute Gasteiger partial charge is 0.218 e. The molecule has 0 radical (unpaired) electrons. The van der Waals surface area contributed by atoms with Crippen molar-refractivity contribution in [3.05, 3.63) is 24.7 Å². The summed E-state index contributed by atoms with van der Waals surface area (Å²) >= 11 is 1.56. The molecule has 1 fully saturated rings. The van der Waals surface area contributed by atoms with Crippen molar-refractivity contribution in [2.75, 3.05) is 43.3 Å². The highest BCUT2D eigenvalue weighted by Gasteiger charge is 2.25. The van der Waals surface area contributed by atoms with Crippen LogP contribution in [-0.4, -0.2) is 59.5 Å². The van der Waals surface area contributed by atoms with Gasteiger partial charge in [-0.05, 0) is 25.2 Å². The Kier molecular flexibility index (Phi) is 5.34. The maximum absolute atomic E-state index is 5.20. The number of aromatic nitrogens is 4. The summed E-state index contributed by atoms with van der Waals surface area (Å²) in [6.45, 7) is 1.93. The van der Waals surface area contributed by atoms with Gasteiger partial charge in [0.05, 0.1) is 7.11 Å². The number of methoxy groups -OCH3 is 1. The predicted octanol–water partition coefficient (Wildman–Crippen LogP) is 2.10. The van der Waals surface area contributed by atoms with Gasteiger partial charge in [-0.1, -0.05) is 11.8 Å². The van der Waals surface area contributed by atoms with Crippen LogP contribution in [0.4, 0.5) is 11.6 Å². The van der Waals surface area contributed by atoms with E-state index in [2.05, 4.69) is 36.8 Å². The van der Waals surface area contributed by atoms with Crippen LogP contribution in [0.2, 0.25) is 0 Å². The Balaban J connectivity index is 1.74. The molecule has 0 amide bonds. The molecule has 1 aliphatic heterocycles. The van der Waals surface area contributed by atoms with E-state index in [1.807, 2.05) is 24.6 Å². The Morgan fingerprint density at radius 1 is 1.33 bits per heavy atom. The fraction of sp³-hybridized carbons (Fsp3) is 0.500. The van der Waals surface area contributed by atoms with E-state index >= 15 is 0 Å². The molecule has 2 aromatic rings. The summed E-state index contributed by atoms with van der Waals surface area (Å²) < 4.78 is 5.20. The zero-order valence-electron chi connectivity index (χ0n) is 14.2. The van der Waals surface area contributed by atoms with Crippen molar-refractivity contribution in [2.24, 2.45) is 0 Å². The van der Waals surface area contributed by atoms with Gasteiger partial charge < -0.3 is 14.5 Å². The van der Waals surface area contributed by atoms with E-state index in [4.69, 9.17) is 4.74 Å². The molecule has 1 aliphatic rings. The molecular weight excluding hydrogens is 324 g/mol. The van der Waals surface area contributed by atoms with E-state index in [0.29, 0.717) is 11.9 Å². The first-order valence-corrected chi connectivity index (χ1v) is 9.14. The number of hydrogen-bond donors (Lipinski definition) is 0. The topological polar surface area (TPSA) is 67.3 Å². The molecule has 128 valence electrons. The highest BCUT2D eigenvalue weighted by atomic mass is 32.2. The molecule has 7 nitrogen and oxygen atoms in total. The van der Waals surface area contributed by atoms with Crippen molar-refractivity contribution in [3.63, 3.8) is 0 Å². The van der Waals surface area contributed by atoms with Gasteiger partial charge in [0.15, 0.2) is 5.16 Å². The number of hydrogen-bond acceptors (Lipinski definition) is 8. The van der Waals surface area contributed by atoms with E-state index in [1.54, 1.807) is 25.2 Å². The van der Waals surface area contributed by atoms with E-state index in [-0.39, 0.29) is 0 Å². The van der Waals surface area contributed by atoms with E-state index in [0.717, 1.165) is 42.7 Å². The van der Waals surface area contributed by atoms with E-state index in [9.17, 15) is 0 Å². The summed E-state index contributed by atoms with van der Waals surface area (Å²) in [6.07, 6.45) is 7.61. The van der Waals surface area contributed by atoms with Gasteiger partial charge in [-0.25, -0.2) is 19.9 Å². The molecule has 2 aromatic heterocycles. The minimum Gasteiger partial charge on any atom is -0.481 e. The van der Waals surface area contributed by atoms with Gasteiger partial charge in [0.1, 0.15) is 18.0 Å². The summed E-state index contributed by atoms with van der Waals surface area (Å²) in [6, 6.07) is 4.22. The molecule has 0 aromatic carbocycles.